The zero-order valence-electron chi connectivity index (χ0n) is 16.4. The van der Waals surface area contributed by atoms with Gasteiger partial charge in [-0.05, 0) is 48.2 Å². The van der Waals surface area contributed by atoms with Gasteiger partial charge in [0.2, 0.25) is 5.91 Å². The molecular formula is C23H25NO4. The first-order valence-corrected chi connectivity index (χ1v) is 9.75. The quantitative estimate of drug-likeness (QED) is 0.827. The van der Waals surface area contributed by atoms with E-state index in [1.807, 2.05) is 38.1 Å². The summed E-state index contributed by atoms with van der Waals surface area (Å²) in [5.74, 6) is 0.275. The van der Waals surface area contributed by atoms with Crippen molar-refractivity contribution in [2.24, 2.45) is 5.41 Å². The topological polar surface area (TPSA) is 66.8 Å². The fourth-order valence-corrected chi connectivity index (χ4v) is 4.97. The van der Waals surface area contributed by atoms with E-state index in [2.05, 4.69) is 0 Å². The van der Waals surface area contributed by atoms with Gasteiger partial charge in [0.15, 0.2) is 5.78 Å². The highest BCUT2D eigenvalue weighted by Crippen LogP contribution is 2.55. The molecule has 5 nitrogen and oxygen atoms in total. The molecule has 1 spiro atoms. The highest BCUT2D eigenvalue weighted by molar-refractivity contribution is 6.25. The summed E-state index contributed by atoms with van der Waals surface area (Å²) in [6.07, 6.45) is 0.0992. The molecule has 1 N–H and O–H groups in total. The number of fused-ring (bicyclic) bond motifs is 1. The third kappa shape index (κ3) is 2.17. The number of methoxy groups -OCH3 is 1. The number of aliphatic hydroxyl groups is 1. The number of hydrogen-bond donors (Lipinski definition) is 1. The minimum atomic E-state index is -1.30. The first-order valence-electron chi connectivity index (χ1n) is 9.75. The molecule has 1 aliphatic carbocycles. The molecule has 1 fully saturated rings. The maximum atomic E-state index is 13.9. The molecule has 2 aliphatic rings. The van der Waals surface area contributed by atoms with Crippen molar-refractivity contribution >= 4 is 17.4 Å². The summed E-state index contributed by atoms with van der Waals surface area (Å²) in [6.45, 7) is 3.75. The Labute approximate surface area is 164 Å². The van der Waals surface area contributed by atoms with Crippen LogP contribution in [0.4, 0.5) is 5.69 Å². The molecule has 1 amide bonds. The van der Waals surface area contributed by atoms with Crippen LogP contribution in [-0.2, 0) is 16.0 Å². The third-order valence-corrected chi connectivity index (χ3v) is 6.64. The smallest absolute Gasteiger partial charge is 0.241 e. The lowest BCUT2D eigenvalue weighted by Gasteiger charge is -2.36. The van der Waals surface area contributed by atoms with E-state index in [1.165, 1.54) is 0 Å². The van der Waals surface area contributed by atoms with Crippen LogP contribution in [0.2, 0.25) is 0 Å². The summed E-state index contributed by atoms with van der Waals surface area (Å²) in [4.78, 5) is 29.1. The largest absolute Gasteiger partial charge is 0.497 e. The highest BCUT2D eigenvalue weighted by Gasteiger charge is 2.70. The standard InChI is InChI=1S/C23H25NO4/c1-4-22(5-2)20(26)23(14-15-8-6-7-9-18(15)19(23)25)24(21(22)27)16-10-12-17(28-3)13-11-16/h6-13,19,25H,4-5,14H2,1-3H3/t19-,23+/m0/s1. The normalized spacial score (nSPS) is 25.4. The van der Waals surface area contributed by atoms with E-state index < -0.39 is 17.1 Å². The number of ketones is 1. The Kier molecular flexibility index (Phi) is 4.31. The molecule has 1 saturated heterocycles. The minimum Gasteiger partial charge on any atom is -0.497 e. The average molecular weight is 379 g/mol. The van der Waals surface area contributed by atoms with Gasteiger partial charge in [0.05, 0.1) is 7.11 Å². The Morgan fingerprint density at radius 1 is 1.07 bits per heavy atom. The van der Waals surface area contributed by atoms with Gasteiger partial charge in [-0.1, -0.05) is 38.1 Å². The van der Waals surface area contributed by atoms with E-state index in [9.17, 15) is 14.7 Å². The number of benzene rings is 2. The molecule has 1 heterocycles. The molecule has 5 heteroatoms. The molecule has 0 radical (unpaired) electrons. The second-order valence-corrected chi connectivity index (χ2v) is 7.66. The predicted molar refractivity (Wildman–Crippen MR) is 106 cm³/mol. The lowest BCUT2D eigenvalue weighted by molar-refractivity contribution is -0.138. The number of carbonyl (C=O) groups excluding carboxylic acids is 2. The number of anilines is 1. The second kappa shape index (κ2) is 6.45. The Morgan fingerprint density at radius 2 is 1.71 bits per heavy atom. The van der Waals surface area contributed by atoms with E-state index in [1.54, 1.807) is 36.3 Å². The van der Waals surface area contributed by atoms with Crippen molar-refractivity contribution in [2.45, 2.75) is 44.8 Å². The lowest BCUT2D eigenvalue weighted by atomic mass is 9.73. The molecule has 146 valence electrons. The van der Waals surface area contributed by atoms with Gasteiger partial charge in [-0.25, -0.2) is 0 Å². The minimum absolute atomic E-state index is 0.172. The molecular weight excluding hydrogens is 354 g/mol. The second-order valence-electron chi connectivity index (χ2n) is 7.66. The van der Waals surface area contributed by atoms with Gasteiger partial charge in [-0.3, -0.25) is 14.5 Å². The van der Waals surface area contributed by atoms with Gasteiger partial charge in [0.25, 0.3) is 0 Å². The maximum absolute atomic E-state index is 13.9. The van der Waals surface area contributed by atoms with Crippen LogP contribution in [0.5, 0.6) is 5.75 Å². The number of nitrogens with zero attached hydrogens (tertiary/aromatic N) is 1. The number of hydrogen-bond acceptors (Lipinski definition) is 4. The molecule has 2 aromatic rings. The molecule has 0 aromatic heterocycles. The Morgan fingerprint density at radius 3 is 2.29 bits per heavy atom. The maximum Gasteiger partial charge on any atom is 0.241 e. The van der Waals surface area contributed by atoms with Crippen molar-refractivity contribution < 1.29 is 19.4 Å². The van der Waals surface area contributed by atoms with E-state index in [0.717, 1.165) is 11.1 Å². The van der Waals surface area contributed by atoms with Gasteiger partial charge in [-0.15, -0.1) is 0 Å². The average Bonchev–Trinajstić information content (AvgIpc) is 3.12. The molecule has 0 bridgehead atoms. The summed E-state index contributed by atoms with van der Waals surface area (Å²) < 4.78 is 5.23. The van der Waals surface area contributed by atoms with Crippen LogP contribution in [-0.4, -0.2) is 29.4 Å². The number of aliphatic hydroxyl groups excluding tert-OH is 1. The summed E-state index contributed by atoms with van der Waals surface area (Å²) in [6, 6.07) is 14.6. The van der Waals surface area contributed by atoms with Crippen molar-refractivity contribution in [3.05, 3.63) is 59.7 Å². The number of ether oxygens (including phenoxy) is 1. The van der Waals surface area contributed by atoms with E-state index in [-0.39, 0.29) is 11.7 Å². The molecule has 4 rings (SSSR count). The van der Waals surface area contributed by atoms with Crippen LogP contribution < -0.4 is 9.64 Å². The first kappa shape index (κ1) is 18.7. The van der Waals surface area contributed by atoms with E-state index >= 15 is 0 Å². The van der Waals surface area contributed by atoms with Crippen LogP contribution in [0.3, 0.4) is 0 Å². The van der Waals surface area contributed by atoms with Gasteiger partial charge in [0.1, 0.15) is 22.8 Å². The third-order valence-electron chi connectivity index (χ3n) is 6.64. The van der Waals surface area contributed by atoms with Crippen molar-refractivity contribution in [1.82, 2.24) is 0 Å². The zero-order chi connectivity index (χ0) is 20.1. The monoisotopic (exact) mass is 379 g/mol. The van der Waals surface area contributed by atoms with Gasteiger partial charge < -0.3 is 9.84 Å². The molecule has 2 atom stereocenters. The van der Waals surface area contributed by atoms with Crippen molar-refractivity contribution in [3.8, 4) is 5.75 Å². The Hall–Kier alpha value is -2.66. The predicted octanol–water partition coefficient (Wildman–Crippen LogP) is 3.45. The zero-order valence-corrected chi connectivity index (χ0v) is 16.4. The van der Waals surface area contributed by atoms with Crippen molar-refractivity contribution in [3.63, 3.8) is 0 Å². The summed E-state index contributed by atoms with van der Waals surface area (Å²) in [7, 11) is 1.58. The molecule has 1 aliphatic heterocycles. The van der Waals surface area contributed by atoms with E-state index in [4.69, 9.17) is 4.74 Å². The summed E-state index contributed by atoms with van der Waals surface area (Å²) in [5, 5.41) is 11.3. The first-order chi connectivity index (χ1) is 13.5. The van der Waals surface area contributed by atoms with Crippen LogP contribution in [0, 0.1) is 5.41 Å². The number of Topliss-reactive ketones (excluding diaryl/α,β-unsaturated/α-hetero) is 1. The van der Waals surface area contributed by atoms with Crippen molar-refractivity contribution in [2.75, 3.05) is 12.0 Å². The molecule has 28 heavy (non-hydrogen) atoms. The summed E-state index contributed by atoms with van der Waals surface area (Å²) in [5.41, 5.74) is -0.165. The van der Waals surface area contributed by atoms with E-state index in [0.29, 0.717) is 30.7 Å². The van der Waals surface area contributed by atoms with Crippen LogP contribution >= 0.6 is 0 Å². The molecule has 2 aromatic carbocycles. The van der Waals surface area contributed by atoms with Crippen LogP contribution in [0.15, 0.2) is 48.5 Å². The van der Waals surface area contributed by atoms with Gasteiger partial charge >= 0.3 is 0 Å². The number of carbonyl (C=O) groups is 2. The summed E-state index contributed by atoms with van der Waals surface area (Å²) >= 11 is 0. The SMILES string of the molecule is CCC1(CC)C(=O)N(c2ccc(OC)cc2)[C@@]2(Cc3ccccc3[C@@H]2O)C1=O. The van der Waals surface area contributed by atoms with Crippen molar-refractivity contribution in [1.29, 1.82) is 0 Å². The Balaban J connectivity index is 1.93. The molecule has 0 unspecified atom stereocenters. The molecule has 0 saturated carbocycles. The number of rotatable bonds is 4. The Bertz CT molecular complexity index is 932. The van der Waals surface area contributed by atoms with Crippen LogP contribution in [0.1, 0.15) is 43.9 Å². The van der Waals surface area contributed by atoms with Crippen LogP contribution in [0.25, 0.3) is 0 Å². The number of amides is 1. The van der Waals surface area contributed by atoms with Gasteiger partial charge in [-0.2, -0.15) is 0 Å². The fourth-order valence-electron chi connectivity index (χ4n) is 4.97. The lowest BCUT2D eigenvalue weighted by Crippen LogP contribution is -2.53. The highest BCUT2D eigenvalue weighted by atomic mass is 16.5. The fraction of sp³-hybridized carbons (Fsp3) is 0.391. The van der Waals surface area contributed by atoms with Gasteiger partial charge in [0, 0.05) is 12.1 Å².